The summed E-state index contributed by atoms with van der Waals surface area (Å²) in [5.41, 5.74) is 13.2. The molecule has 0 aliphatic rings. The van der Waals surface area contributed by atoms with Crippen LogP contribution in [-0.4, -0.2) is 22.1 Å². The molecule has 3 rings (SSSR count). The van der Waals surface area contributed by atoms with Gasteiger partial charge in [0.25, 0.3) is 0 Å². The lowest BCUT2D eigenvalue weighted by Crippen LogP contribution is -1.95. The monoisotopic (exact) mass is 291 g/mol. The predicted octanol–water partition coefficient (Wildman–Crippen LogP) is 2.07. The van der Waals surface area contributed by atoms with E-state index in [0.29, 0.717) is 22.1 Å². The topological polar surface area (TPSA) is 99.9 Å². The molecule has 102 valence electrons. The van der Waals surface area contributed by atoms with Crippen LogP contribution in [0.3, 0.4) is 0 Å². The van der Waals surface area contributed by atoms with Gasteiger partial charge in [-0.3, -0.25) is 0 Å². The van der Waals surface area contributed by atoms with E-state index in [4.69, 9.17) is 16.2 Å². The highest BCUT2D eigenvalue weighted by Gasteiger charge is 2.15. The maximum Gasteiger partial charge on any atom is 0.241 e. The summed E-state index contributed by atoms with van der Waals surface area (Å²) in [6.07, 6.45) is 3.00. The van der Waals surface area contributed by atoms with E-state index in [1.54, 1.807) is 6.20 Å². The average molecular weight is 291 g/mol. The van der Waals surface area contributed by atoms with Crippen LogP contribution in [0.5, 0.6) is 5.88 Å². The molecule has 0 fully saturated rings. The van der Waals surface area contributed by atoms with E-state index in [9.17, 15) is 4.39 Å². The fourth-order valence-electron chi connectivity index (χ4n) is 1.87. The number of hydrogen-bond donors (Lipinski definition) is 2. The van der Waals surface area contributed by atoms with Crippen molar-refractivity contribution in [2.24, 2.45) is 0 Å². The van der Waals surface area contributed by atoms with E-state index in [1.165, 1.54) is 30.7 Å². The summed E-state index contributed by atoms with van der Waals surface area (Å²) in [6, 6.07) is 1.50. The minimum Gasteiger partial charge on any atom is -0.479 e. The maximum atomic E-state index is 13.1. The normalized spacial score (nSPS) is 10.9. The molecule has 6 nitrogen and oxygen atoms in total. The van der Waals surface area contributed by atoms with Crippen molar-refractivity contribution >= 4 is 32.4 Å². The molecule has 0 unspecified atom stereocenters. The molecule has 0 amide bonds. The molecule has 4 N–H and O–H groups in total. The average Bonchev–Trinajstić information content (AvgIpc) is 2.82. The minimum absolute atomic E-state index is 0.0241. The molecule has 0 aromatic carbocycles. The summed E-state index contributed by atoms with van der Waals surface area (Å²) < 4.78 is 19.1. The van der Waals surface area contributed by atoms with E-state index in [2.05, 4.69) is 15.0 Å². The van der Waals surface area contributed by atoms with E-state index in [0.717, 1.165) is 10.3 Å². The van der Waals surface area contributed by atoms with Gasteiger partial charge in [0.15, 0.2) is 5.13 Å². The van der Waals surface area contributed by atoms with Gasteiger partial charge in [-0.2, -0.15) is 4.39 Å². The molecular weight excluding hydrogens is 281 g/mol. The minimum atomic E-state index is -0.699. The van der Waals surface area contributed by atoms with Crippen molar-refractivity contribution in [3.05, 3.63) is 24.4 Å². The molecule has 3 aromatic rings. The number of pyridine rings is 2. The van der Waals surface area contributed by atoms with Crippen molar-refractivity contribution in [2.75, 3.05) is 18.6 Å². The molecule has 0 saturated heterocycles. The lowest BCUT2D eigenvalue weighted by molar-refractivity contribution is 0.402. The number of halogens is 1. The second-order valence-electron chi connectivity index (χ2n) is 4.02. The highest BCUT2D eigenvalue weighted by Crippen LogP contribution is 2.37. The Morgan fingerprint density at radius 1 is 1.25 bits per heavy atom. The standard InChI is InChI=1S/C12H10FN5OS/c1-19-11-8-9(20-12(15)18-8)6(4-17-11)5-2-7(14)10(13)16-3-5/h2-4H,14H2,1H3,(H2,15,18). The second kappa shape index (κ2) is 4.57. The van der Waals surface area contributed by atoms with Crippen LogP contribution >= 0.6 is 11.3 Å². The van der Waals surface area contributed by atoms with Crippen LogP contribution < -0.4 is 16.2 Å². The predicted molar refractivity (Wildman–Crippen MR) is 76.0 cm³/mol. The van der Waals surface area contributed by atoms with Crippen LogP contribution in [0.1, 0.15) is 0 Å². The fourth-order valence-corrected chi connectivity index (χ4v) is 2.73. The Hall–Kier alpha value is -2.48. The molecule has 0 aliphatic carbocycles. The van der Waals surface area contributed by atoms with Crippen molar-refractivity contribution in [1.82, 2.24) is 15.0 Å². The first-order valence-electron chi connectivity index (χ1n) is 5.60. The Bertz CT molecular complexity index is 804. The number of nitrogens with zero attached hydrogens (tertiary/aromatic N) is 3. The van der Waals surface area contributed by atoms with Crippen molar-refractivity contribution in [1.29, 1.82) is 0 Å². The van der Waals surface area contributed by atoms with Crippen LogP contribution in [0.15, 0.2) is 18.5 Å². The first-order valence-corrected chi connectivity index (χ1v) is 6.42. The zero-order valence-electron chi connectivity index (χ0n) is 10.4. The number of hydrogen-bond acceptors (Lipinski definition) is 7. The van der Waals surface area contributed by atoms with Crippen molar-refractivity contribution in [3.63, 3.8) is 0 Å². The van der Waals surface area contributed by atoms with Gasteiger partial charge in [-0.05, 0) is 6.07 Å². The molecule has 0 aliphatic heterocycles. The van der Waals surface area contributed by atoms with Crippen LogP contribution in [0, 0.1) is 5.95 Å². The molecule has 8 heteroatoms. The highest BCUT2D eigenvalue weighted by molar-refractivity contribution is 7.22. The molecule has 20 heavy (non-hydrogen) atoms. The van der Waals surface area contributed by atoms with Gasteiger partial charge in [0.2, 0.25) is 11.8 Å². The van der Waals surface area contributed by atoms with Crippen LogP contribution in [-0.2, 0) is 0 Å². The summed E-state index contributed by atoms with van der Waals surface area (Å²) in [5.74, 6) is -0.310. The largest absolute Gasteiger partial charge is 0.479 e. The summed E-state index contributed by atoms with van der Waals surface area (Å²) in [4.78, 5) is 12.0. The van der Waals surface area contributed by atoms with Crippen LogP contribution in [0.25, 0.3) is 21.3 Å². The summed E-state index contributed by atoms with van der Waals surface area (Å²) >= 11 is 1.30. The zero-order chi connectivity index (χ0) is 14.3. The number of nitrogens with two attached hydrogens (primary N) is 2. The molecule has 0 radical (unpaired) electrons. The lowest BCUT2D eigenvalue weighted by atomic mass is 10.1. The SMILES string of the molecule is COc1ncc(-c2cnc(F)c(N)c2)c2sc(N)nc12. The molecular formula is C12H10FN5OS. The number of rotatable bonds is 2. The molecule has 0 atom stereocenters. The summed E-state index contributed by atoms with van der Waals surface area (Å²) in [6.45, 7) is 0. The van der Waals surface area contributed by atoms with Crippen molar-refractivity contribution in [3.8, 4) is 17.0 Å². The van der Waals surface area contributed by atoms with Gasteiger partial charge in [-0.1, -0.05) is 11.3 Å². The Labute approximate surface area is 117 Å². The molecule has 0 spiro atoms. The Morgan fingerprint density at radius 2 is 2.05 bits per heavy atom. The van der Waals surface area contributed by atoms with Crippen LogP contribution in [0.4, 0.5) is 15.2 Å². The Balaban J connectivity index is 2.28. The lowest BCUT2D eigenvalue weighted by Gasteiger charge is -2.06. The van der Waals surface area contributed by atoms with Crippen LogP contribution in [0.2, 0.25) is 0 Å². The number of ether oxygens (including phenoxy) is 1. The molecule has 0 saturated carbocycles. The quantitative estimate of drug-likeness (QED) is 0.701. The first-order chi connectivity index (χ1) is 9.60. The number of anilines is 2. The van der Waals surface area contributed by atoms with Gasteiger partial charge >= 0.3 is 0 Å². The van der Waals surface area contributed by atoms with E-state index >= 15 is 0 Å². The van der Waals surface area contributed by atoms with Gasteiger partial charge in [0, 0.05) is 23.5 Å². The third-order valence-corrected chi connectivity index (χ3v) is 3.69. The van der Waals surface area contributed by atoms with E-state index in [-0.39, 0.29) is 5.69 Å². The number of fused-ring (bicyclic) bond motifs is 1. The molecule has 3 aromatic heterocycles. The van der Waals surface area contributed by atoms with Crippen molar-refractivity contribution < 1.29 is 9.13 Å². The summed E-state index contributed by atoms with van der Waals surface area (Å²) in [5, 5.41) is 0.399. The zero-order valence-corrected chi connectivity index (χ0v) is 11.2. The van der Waals surface area contributed by atoms with E-state index < -0.39 is 5.95 Å². The Kier molecular flexibility index (Phi) is 2.87. The number of methoxy groups -OCH3 is 1. The second-order valence-corrected chi connectivity index (χ2v) is 5.05. The smallest absolute Gasteiger partial charge is 0.241 e. The third-order valence-electron chi connectivity index (χ3n) is 2.77. The van der Waals surface area contributed by atoms with Crippen molar-refractivity contribution in [2.45, 2.75) is 0 Å². The molecule has 0 bridgehead atoms. The van der Waals surface area contributed by atoms with Gasteiger partial charge < -0.3 is 16.2 Å². The highest BCUT2D eigenvalue weighted by atomic mass is 32.1. The van der Waals surface area contributed by atoms with Gasteiger partial charge in [0.05, 0.1) is 17.5 Å². The number of aromatic nitrogens is 3. The fraction of sp³-hybridized carbons (Fsp3) is 0.0833. The number of thiazole rings is 1. The van der Waals surface area contributed by atoms with Gasteiger partial charge in [0.1, 0.15) is 5.52 Å². The Morgan fingerprint density at radius 3 is 2.75 bits per heavy atom. The molecule has 3 heterocycles. The maximum absolute atomic E-state index is 13.1. The first kappa shape index (κ1) is 12.5. The third kappa shape index (κ3) is 1.90. The van der Waals surface area contributed by atoms with Gasteiger partial charge in [-0.25, -0.2) is 15.0 Å². The van der Waals surface area contributed by atoms with Gasteiger partial charge in [-0.15, -0.1) is 0 Å². The number of nitrogen functional groups attached to an aromatic ring is 2. The van der Waals surface area contributed by atoms with E-state index in [1.807, 2.05) is 0 Å². The summed E-state index contributed by atoms with van der Waals surface area (Å²) in [7, 11) is 1.51.